The van der Waals surface area contributed by atoms with Gasteiger partial charge in [0.15, 0.2) is 0 Å². The lowest BCUT2D eigenvalue weighted by Crippen LogP contribution is -2.18. The van der Waals surface area contributed by atoms with Crippen LogP contribution in [-0.2, 0) is 12.3 Å². The molecule has 0 aliphatic heterocycles. The molecule has 1 aromatic heterocycles. The van der Waals surface area contributed by atoms with Gasteiger partial charge >= 0.3 is 0 Å². The molecule has 2 nitrogen and oxygen atoms in total. The minimum Gasteiger partial charge on any atom is -0.312 e. The van der Waals surface area contributed by atoms with E-state index in [1.54, 1.807) is 11.3 Å². The first-order valence-corrected chi connectivity index (χ1v) is 8.83. The summed E-state index contributed by atoms with van der Waals surface area (Å²) >= 11 is 3.61. The van der Waals surface area contributed by atoms with E-state index in [2.05, 4.69) is 53.8 Å². The molecule has 4 heteroatoms. The molecule has 1 heterocycles. The van der Waals surface area contributed by atoms with Crippen molar-refractivity contribution < 1.29 is 0 Å². The zero-order valence-electron chi connectivity index (χ0n) is 12.3. The molecule has 0 radical (unpaired) electrons. The van der Waals surface area contributed by atoms with Gasteiger partial charge in [-0.1, -0.05) is 26.0 Å². The fraction of sp³-hybridized carbons (Fsp3) is 0.438. The highest BCUT2D eigenvalue weighted by atomic mass is 32.2. The summed E-state index contributed by atoms with van der Waals surface area (Å²) in [6, 6.07) is 8.78. The fourth-order valence-electron chi connectivity index (χ4n) is 1.86. The highest BCUT2D eigenvalue weighted by Gasteiger charge is 2.02. The maximum Gasteiger partial charge on any atom is 0.103 e. The van der Waals surface area contributed by atoms with Crippen LogP contribution in [0.2, 0.25) is 0 Å². The van der Waals surface area contributed by atoms with Crippen molar-refractivity contribution >= 4 is 23.1 Å². The highest BCUT2D eigenvalue weighted by Crippen LogP contribution is 2.25. The van der Waals surface area contributed by atoms with E-state index in [0.29, 0.717) is 5.92 Å². The summed E-state index contributed by atoms with van der Waals surface area (Å²) < 4.78 is 0. The van der Waals surface area contributed by atoms with Crippen molar-refractivity contribution in [2.75, 3.05) is 6.54 Å². The maximum absolute atomic E-state index is 4.50. The van der Waals surface area contributed by atoms with Gasteiger partial charge in [0, 0.05) is 22.5 Å². The van der Waals surface area contributed by atoms with E-state index in [1.165, 1.54) is 15.5 Å². The molecule has 1 N–H and O–H groups in total. The van der Waals surface area contributed by atoms with Crippen LogP contribution in [0.5, 0.6) is 0 Å². The molecule has 0 bridgehead atoms. The maximum atomic E-state index is 4.50. The summed E-state index contributed by atoms with van der Waals surface area (Å²) in [6.45, 7) is 8.52. The number of nitrogens with one attached hydrogen (secondary N) is 1. The second-order valence-electron chi connectivity index (χ2n) is 5.34. The van der Waals surface area contributed by atoms with Crippen LogP contribution < -0.4 is 5.32 Å². The third-order valence-electron chi connectivity index (χ3n) is 2.81. The largest absolute Gasteiger partial charge is 0.312 e. The molecule has 0 unspecified atom stereocenters. The van der Waals surface area contributed by atoms with E-state index in [1.807, 2.05) is 18.7 Å². The van der Waals surface area contributed by atoms with Gasteiger partial charge in [0.1, 0.15) is 5.01 Å². The number of hydrogen-bond donors (Lipinski definition) is 1. The standard InChI is InChI=1S/C16H22N2S2/c1-12(2)8-17-9-14-5-4-6-15(7-14)19-11-16-18-13(3)10-20-16/h4-7,10,12,17H,8-9,11H2,1-3H3. The van der Waals surface area contributed by atoms with Gasteiger partial charge in [-0.3, -0.25) is 0 Å². The van der Waals surface area contributed by atoms with E-state index in [0.717, 1.165) is 24.5 Å². The normalized spacial score (nSPS) is 11.2. The Balaban J connectivity index is 1.85. The predicted octanol–water partition coefficient (Wildman–Crippen LogP) is 4.49. The Hall–Kier alpha value is -0.840. The van der Waals surface area contributed by atoms with Crippen LogP contribution in [0.1, 0.15) is 30.1 Å². The van der Waals surface area contributed by atoms with Gasteiger partial charge in [-0.05, 0) is 37.1 Å². The monoisotopic (exact) mass is 306 g/mol. The molecule has 0 fully saturated rings. The first kappa shape index (κ1) is 15.5. The molecule has 0 amide bonds. The Labute approximate surface area is 130 Å². The number of nitrogens with zero attached hydrogens (tertiary/aromatic N) is 1. The molecular formula is C16H22N2S2. The second-order valence-corrected chi connectivity index (χ2v) is 7.33. The van der Waals surface area contributed by atoms with Crippen molar-refractivity contribution in [3.63, 3.8) is 0 Å². The van der Waals surface area contributed by atoms with Crippen molar-refractivity contribution in [2.24, 2.45) is 5.92 Å². The van der Waals surface area contributed by atoms with Gasteiger partial charge in [-0.25, -0.2) is 4.98 Å². The van der Waals surface area contributed by atoms with Crippen LogP contribution in [0.3, 0.4) is 0 Å². The molecule has 0 aliphatic carbocycles. The Kier molecular flexibility index (Phi) is 6.07. The quantitative estimate of drug-likeness (QED) is 0.763. The number of aromatic nitrogens is 1. The molecule has 20 heavy (non-hydrogen) atoms. The van der Waals surface area contributed by atoms with Gasteiger partial charge in [-0.15, -0.1) is 23.1 Å². The number of hydrogen-bond acceptors (Lipinski definition) is 4. The van der Waals surface area contributed by atoms with Crippen molar-refractivity contribution in [2.45, 2.75) is 38.0 Å². The molecule has 108 valence electrons. The Morgan fingerprint density at radius 2 is 2.20 bits per heavy atom. The minimum atomic E-state index is 0.695. The van der Waals surface area contributed by atoms with Crippen LogP contribution in [0.4, 0.5) is 0 Å². The second kappa shape index (κ2) is 7.81. The van der Waals surface area contributed by atoms with E-state index in [-0.39, 0.29) is 0 Å². The molecule has 0 atom stereocenters. The summed E-state index contributed by atoms with van der Waals surface area (Å²) in [4.78, 5) is 5.82. The lowest BCUT2D eigenvalue weighted by Gasteiger charge is -2.08. The molecule has 0 saturated carbocycles. The van der Waals surface area contributed by atoms with Gasteiger partial charge in [0.25, 0.3) is 0 Å². The third-order valence-corrected chi connectivity index (χ3v) is 4.96. The molecule has 2 aromatic rings. The van der Waals surface area contributed by atoms with Crippen LogP contribution in [0, 0.1) is 12.8 Å². The summed E-state index contributed by atoms with van der Waals surface area (Å²) in [5, 5.41) is 6.80. The Morgan fingerprint density at radius 1 is 1.35 bits per heavy atom. The first-order valence-electron chi connectivity index (χ1n) is 6.97. The topological polar surface area (TPSA) is 24.9 Å². The highest BCUT2D eigenvalue weighted by molar-refractivity contribution is 7.98. The van der Waals surface area contributed by atoms with Crippen molar-refractivity contribution in [3.05, 3.63) is 45.9 Å². The molecule has 0 saturated heterocycles. The number of thiazole rings is 1. The lowest BCUT2D eigenvalue weighted by molar-refractivity contribution is 0.552. The van der Waals surface area contributed by atoms with E-state index in [4.69, 9.17) is 0 Å². The fourth-order valence-corrected chi connectivity index (χ4v) is 3.63. The number of aryl methyl sites for hydroxylation is 1. The summed E-state index contributed by atoms with van der Waals surface area (Å²) in [5.74, 6) is 1.65. The van der Waals surface area contributed by atoms with E-state index >= 15 is 0 Å². The van der Waals surface area contributed by atoms with Crippen molar-refractivity contribution in [1.82, 2.24) is 10.3 Å². The summed E-state index contributed by atoms with van der Waals surface area (Å²) in [5.41, 5.74) is 2.48. The number of thioether (sulfide) groups is 1. The van der Waals surface area contributed by atoms with E-state index in [9.17, 15) is 0 Å². The zero-order chi connectivity index (χ0) is 14.4. The lowest BCUT2D eigenvalue weighted by atomic mass is 10.2. The molecular weight excluding hydrogens is 284 g/mol. The van der Waals surface area contributed by atoms with Crippen molar-refractivity contribution in [1.29, 1.82) is 0 Å². The predicted molar refractivity (Wildman–Crippen MR) is 89.4 cm³/mol. The van der Waals surface area contributed by atoms with Gasteiger partial charge in [-0.2, -0.15) is 0 Å². The minimum absolute atomic E-state index is 0.695. The summed E-state index contributed by atoms with van der Waals surface area (Å²) in [7, 11) is 0. The molecule has 2 rings (SSSR count). The van der Waals surface area contributed by atoms with Crippen LogP contribution in [0.15, 0.2) is 34.5 Å². The third kappa shape index (κ3) is 5.27. The molecule has 0 spiro atoms. The first-order chi connectivity index (χ1) is 9.63. The van der Waals surface area contributed by atoms with Gasteiger partial charge in [0.2, 0.25) is 0 Å². The number of rotatable bonds is 7. The van der Waals surface area contributed by atoms with Crippen LogP contribution in [-0.4, -0.2) is 11.5 Å². The Morgan fingerprint density at radius 3 is 2.90 bits per heavy atom. The average molecular weight is 307 g/mol. The van der Waals surface area contributed by atoms with Gasteiger partial charge in [0.05, 0.1) is 5.75 Å². The Bertz CT molecular complexity index is 535. The van der Waals surface area contributed by atoms with E-state index < -0.39 is 0 Å². The van der Waals surface area contributed by atoms with Crippen molar-refractivity contribution in [3.8, 4) is 0 Å². The molecule has 0 aliphatic rings. The zero-order valence-corrected chi connectivity index (χ0v) is 14.0. The van der Waals surface area contributed by atoms with Gasteiger partial charge < -0.3 is 5.32 Å². The SMILES string of the molecule is Cc1csc(CSc2cccc(CNCC(C)C)c2)n1. The smallest absolute Gasteiger partial charge is 0.103 e. The molecule has 1 aromatic carbocycles. The van der Waals surface area contributed by atoms with Crippen LogP contribution >= 0.6 is 23.1 Å². The number of benzene rings is 1. The average Bonchev–Trinajstić information content (AvgIpc) is 2.82. The summed E-state index contributed by atoms with van der Waals surface area (Å²) in [6.07, 6.45) is 0. The van der Waals surface area contributed by atoms with Crippen LogP contribution in [0.25, 0.3) is 0 Å².